The number of phenols is 1. The number of phenolic OH excluding ortho intramolecular Hbond substituents is 1. The summed E-state index contributed by atoms with van der Waals surface area (Å²) in [4.78, 5) is 23.4. The molecule has 1 aromatic heterocycles. The maximum absolute atomic E-state index is 11.8. The van der Waals surface area contributed by atoms with E-state index in [-0.39, 0.29) is 17.8 Å². The van der Waals surface area contributed by atoms with Crippen molar-refractivity contribution in [1.29, 1.82) is 0 Å². The Kier molecular flexibility index (Phi) is 13.4. The minimum Gasteiger partial charge on any atom is -0.508 e. The van der Waals surface area contributed by atoms with Gasteiger partial charge in [0, 0.05) is 31.6 Å². The summed E-state index contributed by atoms with van der Waals surface area (Å²) in [6.07, 6.45) is 3.83. The van der Waals surface area contributed by atoms with Crippen molar-refractivity contribution < 1.29 is 19.4 Å². The largest absolute Gasteiger partial charge is 0.508 e. The van der Waals surface area contributed by atoms with Crippen LogP contribution in [0.1, 0.15) is 42.6 Å². The van der Waals surface area contributed by atoms with Crippen molar-refractivity contribution in [3.8, 4) is 5.75 Å². The Hall–Kier alpha value is -2.22. The number of aryl methyl sites for hydroxylation is 1. The minimum absolute atomic E-state index is 0.0461. The van der Waals surface area contributed by atoms with Crippen LogP contribution >= 0.6 is 11.3 Å². The number of hydrogen-bond acceptors (Lipinski definition) is 6. The van der Waals surface area contributed by atoms with Crippen LogP contribution in [-0.4, -0.2) is 61.6 Å². The van der Waals surface area contributed by atoms with Crippen LogP contribution in [0.25, 0.3) is 0 Å². The van der Waals surface area contributed by atoms with E-state index in [1.165, 1.54) is 24.1 Å². The maximum Gasteiger partial charge on any atom is 0.251 e. The van der Waals surface area contributed by atoms with Crippen molar-refractivity contribution in [2.45, 2.75) is 39.2 Å². The second-order valence-electron chi connectivity index (χ2n) is 6.95. The number of unbranched alkanes of at least 4 members (excludes halogenated alkanes) is 1. The normalized spacial score (nSPS) is 15.8. The Morgan fingerprint density at radius 1 is 1.30 bits per heavy atom. The quantitative estimate of drug-likeness (QED) is 0.677. The van der Waals surface area contributed by atoms with Gasteiger partial charge in [0.15, 0.2) is 0 Å². The average molecular weight is 435 g/mol. The standard InChI is InChI=1S/C13H18N2O3.C6H8S.C4H8O/c1-15-6-7-18-12(9-15)8-14-13(17)10-2-4-11(16)5-3-10;1-2-6-3-4-7-5-6;1-2-3-4-5/h2-5,12,16H,6-9H2,1H3,(H,14,17);3-5H,2H2,1H3;4H,2-3H2,1H3. The summed E-state index contributed by atoms with van der Waals surface area (Å²) >= 11 is 1.76. The maximum atomic E-state index is 11.8. The molecule has 2 aromatic rings. The zero-order valence-corrected chi connectivity index (χ0v) is 19.0. The van der Waals surface area contributed by atoms with Gasteiger partial charge in [0.1, 0.15) is 12.0 Å². The number of nitrogens with zero attached hydrogens (tertiary/aromatic N) is 1. The predicted molar refractivity (Wildman–Crippen MR) is 122 cm³/mol. The number of morpholine rings is 1. The van der Waals surface area contributed by atoms with Gasteiger partial charge in [-0.3, -0.25) is 4.79 Å². The van der Waals surface area contributed by atoms with Gasteiger partial charge in [-0.25, -0.2) is 0 Å². The number of thiophene rings is 1. The van der Waals surface area contributed by atoms with Gasteiger partial charge >= 0.3 is 0 Å². The first kappa shape index (κ1) is 25.8. The van der Waals surface area contributed by atoms with Gasteiger partial charge in [-0.15, -0.1) is 0 Å². The molecule has 1 amide bonds. The summed E-state index contributed by atoms with van der Waals surface area (Å²) in [6.45, 7) is 7.12. The molecule has 166 valence electrons. The molecule has 0 aliphatic carbocycles. The van der Waals surface area contributed by atoms with Crippen LogP contribution in [0.3, 0.4) is 0 Å². The SMILES string of the molecule is CCCC=O.CCc1ccsc1.CN1CCOC(CNC(=O)c2ccc(O)cc2)C1. The van der Waals surface area contributed by atoms with Gasteiger partial charge < -0.3 is 24.9 Å². The molecule has 3 rings (SSSR count). The van der Waals surface area contributed by atoms with Crippen molar-refractivity contribution in [1.82, 2.24) is 10.2 Å². The minimum atomic E-state index is -0.146. The molecule has 1 atom stereocenters. The summed E-state index contributed by atoms with van der Waals surface area (Å²) < 4.78 is 5.56. The van der Waals surface area contributed by atoms with Crippen molar-refractivity contribution in [2.75, 3.05) is 33.3 Å². The summed E-state index contributed by atoms with van der Waals surface area (Å²) in [5.74, 6) is 0.00983. The van der Waals surface area contributed by atoms with Crippen LogP contribution in [0.15, 0.2) is 41.1 Å². The first-order valence-electron chi connectivity index (χ1n) is 10.3. The lowest BCUT2D eigenvalue weighted by Crippen LogP contribution is -2.45. The molecule has 2 N–H and O–H groups in total. The van der Waals surface area contributed by atoms with Crippen LogP contribution < -0.4 is 5.32 Å². The van der Waals surface area contributed by atoms with Crippen molar-refractivity contribution >= 4 is 23.5 Å². The zero-order valence-electron chi connectivity index (χ0n) is 18.2. The van der Waals surface area contributed by atoms with Gasteiger partial charge in [-0.1, -0.05) is 13.8 Å². The molecule has 6 nitrogen and oxygen atoms in total. The third kappa shape index (κ3) is 11.1. The van der Waals surface area contributed by atoms with E-state index in [9.17, 15) is 9.59 Å². The number of likely N-dealkylation sites (N-methyl/N-ethyl adjacent to an activating group) is 1. The molecular weight excluding hydrogens is 400 g/mol. The number of rotatable bonds is 6. The Balaban J connectivity index is 0.000000307. The topological polar surface area (TPSA) is 78.9 Å². The molecule has 1 aromatic carbocycles. The Bertz CT molecular complexity index is 705. The number of carbonyl (C=O) groups excluding carboxylic acids is 2. The fourth-order valence-electron chi connectivity index (χ4n) is 2.52. The van der Waals surface area contributed by atoms with Crippen LogP contribution in [0.4, 0.5) is 0 Å². The number of carbonyl (C=O) groups is 2. The first-order chi connectivity index (χ1) is 14.5. The molecule has 7 heteroatoms. The first-order valence-corrected chi connectivity index (χ1v) is 11.3. The molecule has 0 spiro atoms. The molecule has 1 saturated heterocycles. The Morgan fingerprint density at radius 2 is 2.03 bits per heavy atom. The average Bonchev–Trinajstić information content (AvgIpc) is 3.28. The van der Waals surface area contributed by atoms with Gasteiger partial charge in [-0.05, 0) is 66.5 Å². The number of benzene rings is 1. The molecule has 1 fully saturated rings. The zero-order chi connectivity index (χ0) is 22.2. The highest BCUT2D eigenvalue weighted by atomic mass is 32.1. The second-order valence-corrected chi connectivity index (χ2v) is 7.73. The van der Waals surface area contributed by atoms with E-state index in [0.717, 1.165) is 25.8 Å². The highest BCUT2D eigenvalue weighted by Gasteiger charge is 2.18. The summed E-state index contributed by atoms with van der Waals surface area (Å²) in [5.41, 5.74) is 1.99. The second kappa shape index (κ2) is 15.6. The monoisotopic (exact) mass is 434 g/mol. The molecule has 1 unspecified atom stereocenters. The molecule has 2 heterocycles. The summed E-state index contributed by atoms with van der Waals surface area (Å²) in [6, 6.07) is 8.35. The highest BCUT2D eigenvalue weighted by Crippen LogP contribution is 2.09. The van der Waals surface area contributed by atoms with Crippen LogP contribution in [0, 0.1) is 0 Å². The molecule has 1 aliphatic rings. The lowest BCUT2D eigenvalue weighted by Gasteiger charge is -2.30. The fourth-order valence-corrected chi connectivity index (χ4v) is 3.28. The third-order valence-electron chi connectivity index (χ3n) is 4.36. The van der Waals surface area contributed by atoms with Crippen LogP contribution in [-0.2, 0) is 16.0 Å². The fraction of sp³-hybridized carbons (Fsp3) is 0.478. The number of hydrogen-bond donors (Lipinski definition) is 2. The number of aldehydes is 1. The van der Waals surface area contributed by atoms with Crippen molar-refractivity contribution in [2.24, 2.45) is 0 Å². The summed E-state index contributed by atoms with van der Waals surface area (Å²) in [7, 11) is 2.04. The number of nitrogens with one attached hydrogen (secondary N) is 1. The van der Waals surface area contributed by atoms with E-state index in [1.54, 1.807) is 23.5 Å². The third-order valence-corrected chi connectivity index (χ3v) is 5.09. The molecule has 0 radical (unpaired) electrons. The van der Waals surface area contributed by atoms with Crippen molar-refractivity contribution in [3.05, 3.63) is 52.2 Å². The van der Waals surface area contributed by atoms with E-state index in [4.69, 9.17) is 9.84 Å². The van der Waals surface area contributed by atoms with Crippen LogP contribution in [0.2, 0.25) is 0 Å². The molecule has 30 heavy (non-hydrogen) atoms. The van der Waals surface area contributed by atoms with Gasteiger partial charge in [-0.2, -0.15) is 11.3 Å². The molecule has 0 bridgehead atoms. The van der Waals surface area contributed by atoms with E-state index < -0.39 is 0 Å². The summed E-state index contributed by atoms with van der Waals surface area (Å²) in [5, 5.41) is 16.3. The van der Waals surface area contributed by atoms with Crippen molar-refractivity contribution in [3.63, 3.8) is 0 Å². The van der Waals surface area contributed by atoms with E-state index >= 15 is 0 Å². The Morgan fingerprint density at radius 3 is 2.50 bits per heavy atom. The van der Waals surface area contributed by atoms with Crippen LogP contribution in [0.5, 0.6) is 5.75 Å². The lowest BCUT2D eigenvalue weighted by molar-refractivity contribution is -0.107. The van der Waals surface area contributed by atoms with Gasteiger partial charge in [0.2, 0.25) is 0 Å². The number of amides is 1. The van der Waals surface area contributed by atoms with Gasteiger partial charge in [0.25, 0.3) is 5.91 Å². The molecule has 1 aliphatic heterocycles. The van der Waals surface area contributed by atoms with E-state index in [2.05, 4.69) is 34.0 Å². The van der Waals surface area contributed by atoms with E-state index in [1.807, 2.05) is 14.0 Å². The predicted octanol–water partition coefficient (Wildman–Crippen LogP) is 3.75. The number of aromatic hydroxyl groups is 1. The Labute approximate surface area is 183 Å². The lowest BCUT2D eigenvalue weighted by atomic mass is 10.2. The van der Waals surface area contributed by atoms with Gasteiger partial charge in [0.05, 0.1) is 12.7 Å². The molecule has 0 saturated carbocycles. The molecular formula is C23H34N2O4S. The van der Waals surface area contributed by atoms with E-state index in [0.29, 0.717) is 25.1 Å². The number of ether oxygens (including phenoxy) is 1. The smallest absolute Gasteiger partial charge is 0.251 e. The highest BCUT2D eigenvalue weighted by molar-refractivity contribution is 7.07.